The molecule has 0 aliphatic heterocycles. The van der Waals surface area contributed by atoms with E-state index in [-0.39, 0.29) is 0 Å². The van der Waals surface area contributed by atoms with Crippen molar-refractivity contribution in [2.75, 3.05) is 0 Å². The second-order valence-electron chi connectivity index (χ2n) is 4.93. The van der Waals surface area contributed by atoms with Crippen LogP contribution in [0.2, 0.25) is 5.15 Å². The molecular weight excluding hydrogens is 348 g/mol. The number of nitrogens with one attached hydrogen (secondary N) is 1. The van der Waals surface area contributed by atoms with Crippen LogP contribution < -0.4 is 11.1 Å². The SMILES string of the molecule is NC(=O)C(NC(=O)/C=C/c1c(Cl)nc2sccn12)c1ccccc1. The first-order chi connectivity index (χ1) is 11.6. The number of fused-ring (bicyclic) bond motifs is 1. The molecule has 6 nitrogen and oxygen atoms in total. The van der Waals surface area contributed by atoms with Crippen molar-refractivity contribution < 1.29 is 9.59 Å². The van der Waals surface area contributed by atoms with Gasteiger partial charge in [-0.05, 0) is 11.6 Å². The lowest BCUT2D eigenvalue weighted by Gasteiger charge is -2.14. The van der Waals surface area contributed by atoms with E-state index in [0.717, 1.165) is 4.96 Å². The molecule has 0 spiro atoms. The second kappa shape index (κ2) is 6.86. The summed E-state index contributed by atoms with van der Waals surface area (Å²) in [6.07, 6.45) is 4.66. The number of hydrogen-bond donors (Lipinski definition) is 2. The van der Waals surface area contributed by atoms with Gasteiger partial charge >= 0.3 is 0 Å². The maximum Gasteiger partial charge on any atom is 0.244 e. The summed E-state index contributed by atoms with van der Waals surface area (Å²) in [4.78, 5) is 28.7. The van der Waals surface area contributed by atoms with Gasteiger partial charge in [-0.1, -0.05) is 41.9 Å². The van der Waals surface area contributed by atoms with Crippen LogP contribution >= 0.6 is 22.9 Å². The minimum atomic E-state index is -0.898. The van der Waals surface area contributed by atoms with Crippen LogP contribution in [-0.4, -0.2) is 21.2 Å². The Morgan fingerprint density at radius 3 is 2.79 bits per heavy atom. The summed E-state index contributed by atoms with van der Waals surface area (Å²) in [5.41, 5.74) is 6.60. The zero-order valence-corrected chi connectivity index (χ0v) is 13.9. The number of benzene rings is 1. The van der Waals surface area contributed by atoms with Gasteiger partial charge in [0, 0.05) is 17.7 Å². The van der Waals surface area contributed by atoms with Gasteiger partial charge in [0.1, 0.15) is 6.04 Å². The van der Waals surface area contributed by atoms with Crippen LogP contribution in [0.1, 0.15) is 17.3 Å². The highest BCUT2D eigenvalue weighted by Crippen LogP contribution is 2.22. The van der Waals surface area contributed by atoms with Crippen molar-refractivity contribution in [1.82, 2.24) is 14.7 Å². The van der Waals surface area contributed by atoms with E-state index in [1.54, 1.807) is 34.7 Å². The van der Waals surface area contributed by atoms with Crippen molar-refractivity contribution in [2.45, 2.75) is 6.04 Å². The molecule has 0 bridgehead atoms. The van der Waals surface area contributed by atoms with E-state index in [1.807, 2.05) is 17.6 Å². The number of thiazole rings is 1. The fourth-order valence-corrected chi connectivity index (χ4v) is 3.24. The van der Waals surface area contributed by atoms with Crippen LogP contribution in [0, 0.1) is 0 Å². The minimum Gasteiger partial charge on any atom is -0.368 e. The van der Waals surface area contributed by atoms with E-state index >= 15 is 0 Å². The molecule has 0 fully saturated rings. The van der Waals surface area contributed by atoms with E-state index in [4.69, 9.17) is 17.3 Å². The zero-order valence-electron chi connectivity index (χ0n) is 12.3. The van der Waals surface area contributed by atoms with Crippen molar-refractivity contribution in [1.29, 1.82) is 0 Å². The third-order valence-electron chi connectivity index (χ3n) is 3.35. The fraction of sp³-hybridized carbons (Fsp3) is 0.0625. The molecule has 0 aliphatic carbocycles. The molecule has 122 valence electrons. The molecule has 1 atom stereocenters. The molecule has 0 aliphatic rings. The van der Waals surface area contributed by atoms with Crippen molar-refractivity contribution in [2.24, 2.45) is 5.73 Å². The molecule has 0 saturated heterocycles. The summed E-state index contributed by atoms with van der Waals surface area (Å²) in [6.45, 7) is 0. The van der Waals surface area contributed by atoms with Crippen LogP contribution in [-0.2, 0) is 9.59 Å². The number of carbonyl (C=O) groups is 2. The first-order valence-electron chi connectivity index (χ1n) is 7.00. The van der Waals surface area contributed by atoms with Crippen molar-refractivity contribution >= 4 is 45.8 Å². The van der Waals surface area contributed by atoms with Crippen molar-refractivity contribution in [3.05, 3.63) is 64.4 Å². The first-order valence-corrected chi connectivity index (χ1v) is 8.26. The summed E-state index contributed by atoms with van der Waals surface area (Å²) >= 11 is 7.50. The molecule has 3 N–H and O–H groups in total. The summed E-state index contributed by atoms with van der Waals surface area (Å²) in [7, 11) is 0. The molecular formula is C16H13ClN4O2S. The normalized spacial score (nSPS) is 12.5. The number of imidazole rings is 1. The van der Waals surface area contributed by atoms with Crippen LogP contribution in [0.4, 0.5) is 0 Å². The van der Waals surface area contributed by atoms with Crippen LogP contribution in [0.25, 0.3) is 11.0 Å². The molecule has 0 radical (unpaired) electrons. The molecule has 1 unspecified atom stereocenters. The number of halogens is 1. The average Bonchev–Trinajstić information content (AvgIpc) is 3.12. The number of primary amides is 1. The van der Waals surface area contributed by atoms with Gasteiger partial charge in [0.25, 0.3) is 0 Å². The predicted octanol–water partition coefficient (Wildman–Crippen LogP) is 2.41. The van der Waals surface area contributed by atoms with Crippen LogP contribution in [0.3, 0.4) is 0 Å². The van der Waals surface area contributed by atoms with E-state index in [0.29, 0.717) is 16.4 Å². The number of aromatic nitrogens is 2. The summed E-state index contributed by atoms with van der Waals surface area (Å²) in [5, 5.41) is 4.76. The molecule has 24 heavy (non-hydrogen) atoms. The molecule has 1 aromatic carbocycles. The quantitative estimate of drug-likeness (QED) is 0.684. The Balaban J connectivity index is 1.78. The lowest BCUT2D eigenvalue weighted by Crippen LogP contribution is -2.36. The molecule has 3 aromatic rings. The van der Waals surface area contributed by atoms with Crippen LogP contribution in [0.5, 0.6) is 0 Å². The molecule has 2 aromatic heterocycles. The summed E-state index contributed by atoms with van der Waals surface area (Å²) in [5.74, 6) is -1.09. The first kappa shape index (κ1) is 16.2. The zero-order chi connectivity index (χ0) is 17.1. The highest BCUT2D eigenvalue weighted by Gasteiger charge is 2.19. The van der Waals surface area contributed by atoms with Gasteiger partial charge in [0.05, 0.1) is 5.69 Å². The Bertz CT molecular complexity index is 917. The lowest BCUT2D eigenvalue weighted by atomic mass is 10.1. The number of rotatable bonds is 5. The van der Waals surface area contributed by atoms with Gasteiger partial charge in [0.15, 0.2) is 10.1 Å². The second-order valence-corrected chi connectivity index (χ2v) is 6.16. The number of hydrogen-bond acceptors (Lipinski definition) is 4. The molecule has 0 saturated carbocycles. The van der Waals surface area contributed by atoms with Gasteiger partial charge in [-0.15, -0.1) is 11.3 Å². The largest absolute Gasteiger partial charge is 0.368 e. The highest BCUT2D eigenvalue weighted by molar-refractivity contribution is 7.15. The maximum absolute atomic E-state index is 12.1. The van der Waals surface area contributed by atoms with Crippen LogP contribution in [0.15, 0.2) is 48.0 Å². The Morgan fingerprint density at radius 1 is 1.33 bits per heavy atom. The molecule has 3 rings (SSSR count). The maximum atomic E-state index is 12.1. The third-order valence-corrected chi connectivity index (χ3v) is 4.39. The van der Waals surface area contributed by atoms with Gasteiger partial charge in [-0.2, -0.15) is 0 Å². The predicted molar refractivity (Wildman–Crippen MR) is 93.6 cm³/mol. The van der Waals surface area contributed by atoms with Crippen molar-refractivity contribution in [3.63, 3.8) is 0 Å². The Hall–Kier alpha value is -2.64. The van der Waals surface area contributed by atoms with E-state index < -0.39 is 17.9 Å². The number of carbonyl (C=O) groups excluding carboxylic acids is 2. The molecule has 2 amide bonds. The monoisotopic (exact) mass is 360 g/mol. The van der Waals surface area contributed by atoms with E-state index in [2.05, 4.69) is 10.3 Å². The standard InChI is InChI=1S/C16H13ClN4O2S/c17-14-11(21-8-9-24-16(21)20-14)6-7-12(22)19-13(15(18)23)10-4-2-1-3-5-10/h1-9,13H,(H2,18,23)(H,19,22)/b7-6+. The van der Waals surface area contributed by atoms with Gasteiger partial charge in [-0.3, -0.25) is 14.0 Å². The Labute approximate surface area is 146 Å². The third kappa shape index (κ3) is 3.32. The Morgan fingerprint density at radius 2 is 2.08 bits per heavy atom. The molecule has 2 heterocycles. The fourth-order valence-electron chi connectivity index (χ4n) is 2.24. The van der Waals surface area contributed by atoms with Gasteiger partial charge in [0.2, 0.25) is 11.8 Å². The lowest BCUT2D eigenvalue weighted by molar-refractivity contribution is -0.125. The average molecular weight is 361 g/mol. The minimum absolute atomic E-state index is 0.306. The smallest absolute Gasteiger partial charge is 0.244 e. The summed E-state index contributed by atoms with van der Waals surface area (Å²) in [6, 6.07) is 7.91. The Kier molecular flexibility index (Phi) is 4.64. The summed E-state index contributed by atoms with van der Waals surface area (Å²) < 4.78 is 1.78. The highest BCUT2D eigenvalue weighted by atomic mass is 35.5. The van der Waals surface area contributed by atoms with E-state index in [1.165, 1.54) is 17.4 Å². The van der Waals surface area contributed by atoms with Gasteiger partial charge in [-0.25, -0.2) is 4.98 Å². The number of nitrogens with two attached hydrogens (primary N) is 1. The van der Waals surface area contributed by atoms with Crippen molar-refractivity contribution in [3.8, 4) is 0 Å². The topological polar surface area (TPSA) is 89.5 Å². The number of nitrogens with zero attached hydrogens (tertiary/aromatic N) is 2. The number of amides is 2. The van der Waals surface area contributed by atoms with Gasteiger partial charge < -0.3 is 11.1 Å². The molecule has 8 heteroatoms. The van der Waals surface area contributed by atoms with E-state index in [9.17, 15) is 9.59 Å².